The Morgan fingerprint density at radius 2 is 1.61 bits per heavy atom. The average molecular weight is 510 g/mol. The number of aromatic amines is 1. The molecular weight excluding hydrogens is 490 g/mol. The van der Waals surface area contributed by atoms with Gasteiger partial charge in [-0.2, -0.15) is 51.3 Å². The topological polar surface area (TPSA) is 88.4 Å². The van der Waals surface area contributed by atoms with Crippen LogP contribution in [-0.2, 0) is 18.8 Å². The highest BCUT2D eigenvalue weighted by Gasteiger charge is 2.43. The van der Waals surface area contributed by atoms with Gasteiger partial charge in [-0.05, 0) is 42.5 Å². The van der Waals surface area contributed by atoms with E-state index in [0.717, 1.165) is 22.2 Å². The average Bonchev–Trinajstić information content (AvgIpc) is 3.45. The number of nitrogens with zero attached hydrogens (tertiary/aromatic N) is 7. The number of alkyl halides is 6. The zero-order valence-electron chi connectivity index (χ0n) is 19.1. The van der Waals surface area contributed by atoms with E-state index in [1.807, 2.05) is 32.0 Å². The fourth-order valence-electron chi connectivity index (χ4n) is 4.51. The van der Waals surface area contributed by atoms with E-state index in [2.05, 4.69) is 30.1 Å². The molecule has 0 fully saturated rings. The molecule has 4 aromatic rings. The van der Waals surface area contributed by atoms with Gasteiger partial charge >= 0.3 is 12.4 Å². The van der Waals surface area contributed by atoms with Gasteiger partial charge in [-0.25, -0.2) is 4.98 Å². The molecule has 0 unspecified atom stereocenters. The highest BCUT2D eigenvalue weighted by atomic mass is 19.4. The van der Waals surface area contributed by atoms with E-state index in [1.165, 1.54) is 9.70 Å². The van der Waals surface area contributed by atoms with Gasteiger partial charge in [-0.3, -0.25) is 0 Å². The number of halogens is 6. The monoisotopic (exact) mass is 510 g/mol. The molecule has 0 radical (unpaired) electrons. The van der Waals surface area contributed by atoms with Gasteiger partial charge in [-0.15, -0.1) is 0 Å². The van der Waals surface area contributed by atoms with Crippen LogP contribution in [0.2, 0.25) is 0 Å². The number of fused-ring (bicyclic) bond motifs is 3. The van der Waals surface area contributed by atoms with Crippen LogP contribution in [0.1, 0.15) is 49.2 Å². The van der Waals surface area contributed by atoms with Crippen LogP contribution in [0.5, 0.6) is 0 Å². The highest BCUT2D eigenvalue weighted by molar-refractivity contribution is 5.87. The lowest BCUT2D eigenvalue weighted by Crippen LogP contribution is -2.38. The van der Waals surface area contributed by atoms with Crippen molar-refractivity contribution in [1.82, 2.24) is 34.9 Å². The SMILES string of the molecule is CC(C)C[C@H]1c2[nH]c3ccc(-n4nccn4)cc3c2CCN1c1nc(C(F)(F)F)nc(C(F)(F)F)n1. The first kappa shape index (κ1) is 24.0. The van der Waals surface area contributed by atoms with Gasteiger partial charge in [0.25, 0.3) is 0 Å². The molecule has 0 saturated carbocycles. The first-order valence-corrected chi connectivity index (χ1v) is 11.1. The Bertz CT molecular complexity index is 1360. The summed E-state index contributed by atoms with van der Waals surface area (Å²) in [6.07, 6.45) is -6.43. The zero-order chi connectivity index (χ0) is 25.8. The summed E-state index contributed by atoms with van der Waals surface area (Å²) in [7, 11) is 0. The maximum atomic E-state index is 13.4. The summed E-state index contributed by atoms with van der Waals surface area (Å²) in [5.74, 6) is -4.32. The van der Waals surface area contributed by atoms with Crippen molar-refractivity contribution in [2.24, 2.45) is 5.92 Å². The van der Waals surface area contributed by atoms with Gasteiger partial charge in [0.05, 0.1) is 24.1 Å². The third kappa shape index (κ3) is 4.35. The van der Waals surface area contributed by atoms with Crippen molar-refractivity contribution >= 4 is 16.9 Å². The number of hydrogen-bond acceptors (Lipinski definition) is 6. The molecule has 0 amide bonds. The highest BCUT2D eigenvalue weighted by Crippen LogP contribution is 2.41. The molecule has 4 heterocycles. The van der Waals surface area contributed by atoms with Crippen molar-refractivity contribution in [2.75, 3.05) is 11.4 Å². The Morgan fingerprint density at radius 3 is 2.19 bits per heavy atom. The van der Waals surface area contributed by atoms with Crippen LogP contribution in [0.25, 0.3) is 16.6 Å². The molecule has 190 valence electrons. The maximum absolute atomic E-state index is 13.4. The zero-order valence-corrected chi connectivity index (χ0v) is 19.1. The van der Waals surface area contributed by atoms with Gasteiger partial charge in [-0.1, -0.05) is 13.8 Å². The second-order valence-electron chi connectivity index (χ2n) is 8.93. The third-order valence-electron chi connectivity index (χ3n) is 5.97. The van der Waals surface area contributed by atoms with Crippen LogP contribution in [0.15, 0.2) is 30.6 Å². The van der Waals surface area contributed by atoms with Crippen LogP contribution in [0.4, 0.5) is 32.3 Å². The lowest BCUT2D eigenvalue weighted by molar-refractivity contribution is -0.155. The van der Waals surface area contributed by atoms with Crippen LogP contribution in [-0.4, -0.2) is 41.5 Å². The summed E-state index contributed by atoms with van der Waals surface area (Å²) in [6, 6.07) is 4.99. The molecule has 1 atom stereocenters. The number of anilines is 1. The Labute approximate surface area is 200 Å². The van der Waals surface area contributed by atoms with Crippen molar-refractivity contribution in [1.29, 1.82) is 0 Å². The third-order valence-corrected chi connectivity index (χ3v) is 5.97. The molecule has 1 aliphatic heterocycles. The molecule has 14 heteroatoms. The summed E-state index contributed by atoms with van der Waals surface area (Å²) < 4.78 is 80.3. The van der Waals surface area contributed by atoms with Gasteiger partial charge in [0.2, 0.25) is 17.6 Å². The van der Waals surface area contributed by atoms with E-state index in [-0.39, 0.29) is 12.5 Å². The summed E-state index contributed by atoms with van der Waals surface area (Å²) in [4.78, 5) is 15.7. The summed E-state index contributed by atoms with van der Waals surface area (Å²) in [6.45, 7) is 3.97. The van der Waals surface area contributed by atoms with E-state index in [4.69, 9.17) is 0 Å². The van der Waals surface area contributed by atoms with Crippen LogP contribution >= 0.6 is 0 Å². The minimum absolute atomic E-state index is 0.0738. The van der Waals surface area contributed by atoms with Gasteiger partial charge in [0.15, 0.2) is 0 Å². The van der Waals surface area contributed by atoms with E-state index < -0.39 is 36.0 Å². The Hall–Kier alpha value is -3.71. The first-order chi connectivity index (χ1) is 16.9. The second-order valence-corrected chi connectivity index (χ2v) is 8.93. The van der Waals surface area contributed by atoms with E-state index in [0.29, 0.717) is 18.5 Å². The summed E-state index contributed by atoms with van der Waals surface area (Å²) in [5, 5.41) is 9.15. The Kier molecular flexibility index (Phi) is 5.63. The largest absolute Gasteiger partial charge is 0.451 e. The van der Waals surface area contributed by atoms with E-state index in [9.17, 15) is 26.3 Å². The molecule has 0 saturated heterocycles. The second kappa shape index (κ2) is 8.45. The number of benzene rings is 1. The Morgan fingerprint density at radius 1 is 0.972 bits per heavy atom. The fourth-order valence-corrected chi connectivity index (χ4v) is 4.51. The van der Waals surface area contributed by atoms with Crippen molar-refractivity contribution in [2.45, 2.75) is 45.1 Å². The van der Waals surface area contributed by atoms with Gasteiger partial charge < -0.3 is 9.88 Å². The normalized spacial score (nSPS) is 16.7. The van der Waals surface area contributed by atoms with Crippen molar-refractivity contribution in [3.63, 3.8) is 0 Å². The molecule has 1 aliphatic rings. The lowest BCUT2D eigenvalue weighted by atomic mass is 9.92. The number of hydrogen-bond donors (Lipinski definition) is 1. The lowest BCUT2D eigenvalue weighted by Gasteiger charge is -2.37. The predicted octanol–water partition coefficient (Wildman–Crippen LogP) is 5.12. The van der Waals surface area contributed by atoms with E-state index >= 15 is 0 Å². The standard InChI is InChI=1S/C22H20F6N8/c1-11(2)9-16-17-13(14-10-12(3-4-15(14)31-17)36-29-6-7-30-36)5-8-35(16)20-33-18(21(23,24)25)32-19(34-20)22(26,27)28/h3-4,6-7,10-11,16,31H,5,8-9H2,1-2H3/t16-/m0/s1. The molecule has 36 heavy (non-hydrogen) atoms. The molecule has 1 aromatic carbocycles. The van der Waals surface area contributed by atoms with Crippen LogP contribution < -0.4 is 4.90 Å². The molecule has 5 rings (SSSR count). The fraction of sp³-hybridized carbons (Fsp3) is 0.409. The molecule has 0 aliphatic carbocycles. The van der Waals surface area contributed by atoms with Crippen molar-refractivity contribution < 1.29 is 26.3 Å². The minimum atomic E-state index is -5.16. The molecule has 8 nitrogen and oxygen atoms in total. The minimum Gasteiger partial charge on any atom is -0.356 e. The molecule has 0 bridgehead atoms. The number of nitrogens with one attached hydrogen (secondary N) is 1. The molecule has 1 N–H and O–H groups in total. The van der Waals surface area contributed by atoms with Gasteiger partial charge in [0, 0.05) is 23.1 Å². The predicted molar refractivity (Wildman–Crippen MR) is 116 cm³/mol. The van der Waals surface area contributed by atoms with Gasteiger partial charge in [0.1, 0.15) is 0 Å². The quantitative estimate of drug-likeness (QED) is 0.384. The number of H-pyrrole nitrogens is 1. The number of rotatable bonds is 4. The van der Waals surface area contributed by atoms with E-state index in [1.54, 1.807) is 12.4 Å². The van der Waals surface area contributed by atoms with Crippen LogP contribution in [0.3, 0.4) is 0 Å². The van der Waals surface area contributed by atoms with Crippen LogP contribution in [0, 0.1) is 5.92 Å². The summed E-state index contributed by atoms with van der Waals surface area (Å²) >= 11 is 0. The first-order valence-electron chi connectivity index (χ1n) is 11.1. The van der Waals surface area contributed by atoms with Crippen molar-refractivity contribution in [3.05, 3.63) is 53.5 Å². The number of aromatic nitrogens is 7. The maximum Gasteiger partial charge on any atom is 0.451 e. The molecular formula is C22H20F6N8. The summed E-state index contributed by atoms with van der Waals surface area (Å²) in [5.41, 5.74) is 3.15. The Balaban J connectivity index is 1.63. The molecule has 3 aromatic heterocycles. The van der Waals surface area contributed by atoms with Crippen molar-refractivity contribution in [3.8, 4) is 5.69 Å². The smallest absolute Gasteiger partial charge is 0.356 e. The molecule has 0 spiro atoms.